The van der Waals surface area contributed by atoms with Crippen molar-refractivity contribution in [1.82, 2.24) is 78.6 Å². The fraction of sp³-hybridized carbons (Fsp3) is 0.641. The normalized spacial score (nSPS) is 26.2. The van der Waals surface area contributed by atoms with Gasteiger partial charge in [-0.2, -0.15) is 0 Å². The van der Waals surface area contributed by atoms with Crippen LogP contribution in [0.4, 0.5) is 0 Å². The van der Waals surface area contributed by atoms with Crippen LogP contribution in [0.3, 0.4) is 0 Å². The van der Waals surface area contributed by atoms with Gasteiger partial charge in [-0.15, -0.1) is 0 Å². The molecule has 0 aliphatic carbocycles. The van der Waals surface area contributed by atoms with Gasteiger partial charge in [-0.25, -0.2) is 0 Å². The molecule has 3 aromatic rings. The highest BCUT2D eigenvalue weighted by molar-refractivity contribution is 6.01. The molecule has 0 spiro atoms. The number of nitrogens with zero attached hydrogens (tertiary/aromatic N) is 2. The number of aliphatic hydroxyl groups excluding tert-OH is 1. The average Bonchev–Trinajstić information content (AvgIpc) is 1.64. The molecule has 2 aromatic carbocycles. The van der Waals surface area contributed by atoms with E-state index in [1.165, 1.54) is 9.80 Å². The van der Waals surface area contributed by atoms with Crippen LogP contribution in [0.15, 0.2) is 60.8 Å². The predicted molar refractivity (Wildman–Crippen MR) is 412 cm³/mol. The van der Waals surface area contributed by atoms with E-state index < -0.39 is 204 Å². The Hall–Kier alpha value is -9.56. The average molecular weight is 1540 g/mol. The summed E-state index contributed by atoms with van der Waals surface area (Å²) in [5.41, 5.74) is 13.8. The van der Waals surface area contributed by atoms with Crippen LogP contribution in [-0.2, 0) is 80.0 Å². The van der Waals surface area contributed by atoms with Gasteiger partial charge in [-0.3, -0.25) is 67.1 Å². The fourth-order valence-corrected chi connectivity index (χ4v) is 14.0. The van der Waals surface area contributed by atoms with E-state index in [1.807, 2.05) is 24.3 Å². The Morgan fingerprint density at radius 2 is 0.818 bits per heavy atom. The van der Waals surface area contributed by atoms with E-state index in [1.54, 1.807) is 120 Å². The molecule has 3 saturated heterocycles. The number of amides is 14. The van der Waals surface area contributed by atoms with E-state index in [2.05, 4.69) is 68.8 Å². The number of aromatic nitrogens is 1. The largest absolute Gasteiger partial charge is 0.394 e. The number of hydrogen-bond donors (Lipinski definition) is 16. The SMILES string of the molecule is CC(C)C[C@@H]1NC(=O)[C@@H]2CCCN2C(=O)C2CCCN2C(=O)[C@H](Cc2c[nH]c3ccccc23)NC(=O)[C@H](CCCCN)NC(=O)[C@H](C(C)C)NC(=O)C(C(C)C)NC(=O)CNC(=O)[C@H](Cc2ccccc2)NC(=O)C(C(C)C)NC(=O)C(C(C)C)NC(=O)[C@H](CCCCN)NC(=O)C(C(C)C)NC(=O)[C@H](CO)NC1=O. The molecule has 1 aromatic heterocycles. The smallest absolute Gasteiger partial charge is 0.246 e. The van der Waals surface area contributed by atoms with Gasteiger partial charge in [-0.05, 0) is 136 Å². The van der Waals surface area contributed by atoms with E-state index in [4.69, 9.17) is 11.5 Å². The van der Waals surface area contributed by atoms with Crippen LogP contribution in [-0.4, -0.2) is 220 Å². The molecule has 3 fully saturated rings. The van der Waals surface area contributed by atoms with Crippen LogP contribution in [0.1, 0.15) is 165 Å². The molecule has 6 rings (SSSR count). The second-order valence-corrected chi connectivity index (χ2v) is 31.3. The van der Waals surface area contributed by atoms with Crippen molar-refractivity contribution >= 4 is 93.6 Å². The molecule has 4 heterocycles. The minimum atomic E-state index is -1.68. The molecule has 18 N–H and O–H groups in total. The summed E-state index contributed by atoms with van der Waals surface area (Å²) in [6, 6.07) is -1.16. The number of unbranched alkanes of at least 4 members (excludes halogenated alkanes) is 2. The fourth-order valence-electron chi connectivity index (χ4n) is 14.0. The number of aromatic amines is 1. The van der Waals surface area contributed by atoms with Crippen LogP contribution in [0.2, 0.25) is 0 Å². The predicted octanol–water partition coefficient (Wildman–Crippen LogP) is -0.0259. The third-order valence-electron chi connectivity index (χ3n) is 20.3. The van der Waals surface area contributed by atoms with Gasteiger partial charge in [0.25, 0.3) is 0 Å². The lowest BCUT2D eigenvalue weighted by Gasteiger charge is -2.34. The Labute approximate surface area is 645 Å². The third kappa shape index (κ3) is 25.5. The summed E-state index contributed by atoms with van der Waals surface area (Å²) in [7, 11) is 0. The number of carbonyl (C=O) groups excluding carboxylic acids is 14. The molecule has 0 saturated carbocycles. The Kier molecular flexibility index (Phi) is 35.0. The zero-order valence-corrected chi connectivity index (χ0v) is 65.9. The van der Waals surface area contributed by atoms with Gasteiger partial charge >= 0.3 is 0 Å². The summed E-state index contributed by atoms with van der Waals surface area (Å²) in [5, 5.41) is 44.1. The first-order chi connectivity index (χ1) is 52.2. The first-order valence-corrected chi connectivity index (χ1v) is 39.0. The van der Waals surface area contributed by atoms with Gasteiger partial charge in [0, 0.05) is 43.0 Å². The molecular formula is C78H121N17O15. The second kappa shape index (κ2) is 43.1. The Balaban J connectivity index is 1.38. The van der Waals surface area contributed by atoms with Gasteiger partial charge in [-0.1, -0.05) is 132 Å². The number of aliphatic hydroxyl groups is 1. The molecule has 3 aliphatic heterocycles. The Morgan fingerprint density at radius 1 is 0.409 bits per heavy atom. The van der Waals surface area contributed by atoms with Gasteiger partial charge in [0.15, 0.2) is 0 Å². The molecule has 5 unspecified atom stereocenters. The number of rotatable bonds is 20. The van der Waals surface area contributed by atoms with E-state index >= 15 is 14.4 Å². The lowest BCUT2D eigenvalue weighted by atomic mass is 9.98. The summed E-state index contributed by atoms with van der Waals surface area (Å²) in [6.45, 7) is 19.1. The highest BCUT2D eigenvalue weighted by Crippen LogP contribution is 2.28. The van der Waals surface area contributed by atoms with Gasteiger partial charge in [0.2, 0.25) is 82.7 Å². The first-order valence-electron chi connectivity index (χ1n) is 39.0. The Bertz CT molecular complexity index is 3660. The molecular weight excluding hydrogens is 1410 g/mol. The maximum atomic E-state index is 15.4. The molecule has 13 atom stereocenters. The third-order valence-corrected chi connectivity index (χ3v) is 20.3. The standard InChI is InChI=1S/C78H121N17O15/c1-42(2)36-54-69(101)88-57(41-96)70(102)91-62(44(5)6)72(104)84-53(29-19-21-33-80)68(100)90-65(47(11)12)76(108)93-64(46(9)10)74(106)86-55(37-48-24-14-13-15-25-48)66(98)82-40-60(97)89-61(43(3)4)75(107)92-63(45(7)8)73(105)83-52(28-18-20-32-79)67(99)87-56(38-49-39-81-51-27-17-16-26-50(49)51)77(109)95-35-23-31-59(95)78(110)94-34-22-30-58(94)71(103)85-54/h13-17,24-27,39,42-47,52-59,61-65,81,96H,18-23,28-38,40-41,79-80H2,1-12H3,(H,82,98)(H,83,105)(H,84,104)(H,85,103)(H,86,106)(H,87,99)(H,88,101)(H,89,97)(H,90,100)(H,91,102)(H,92,107)(H,93,108)/t52-,53-,54-,55-,56-,57-,58-,59?,61?,62?,63-,64?,65?/m0/s1. The number of fused-ring (bicyclic) bond motifs is 3. The highest BCUT2D eigenvalue weighted by Gasteiger charge is 2.46. The lowest BCUT2D eigenvalue weighted by molar-refractivity contribution is -0.148. The topological polar surface area (TPSA) is 478 Å². The number of nitrogens with two attached hydrogens (primary N) is 2. The van der Waals surface area contributed by atoms with Gasteiger partial charge in [0.05, 0.1) is 13.2 Å². The number of H-pyrrole nitrogens is 1. The molecule has 3 aliphatic rings. The molecule has 0 radical (unpaired) electrons. The minimum absolute atomic E-state index is 0.0191. The second-order valence-electron chi connectivity index (χ2n) is 31.3. The molecule has 32 nitrogen and oxygen atoms in total. The summed E-state index contributed by atoms with van der Waals surface area (Å²) >= 11 is 0. The molecule has 0 bridgehead atoms. The van der Waals surface area contributed by atoms with Crippen LogP contribution in [0, 0.1) is 35.5 Å². The summed E-state index contributed by atoms with van der Waals surface area (Å²) in [5.74, 6) is -14.2. The molecule has 608 valence electrons. The van der Waals surface area contributed by atoms with Crippen molar-refractivity contribution in [3.63, 3.8) is 0 Å². The summed E-state index contributed by atoms with van der Waals surface area (Å²) in [6.07, 6.45) is 4.33. The quantitative estimate of drug-likeness (QED) is 0.0661. The van der Waals surface area contributed by atoms with Crippen LogP contribution < -0.4 is 75.3 Å². The van der Waals surface area contributed by atoms with Crippen molar-refractivity contribution in [2.75, 3.05) is 39.3 Å². The number of nitrogens with one attached hydrogen (secondary N) is 13. The van der Waals surface area contributed by atoms with Crippen molar-refractivity contribution in [2.45, 2.75) is 245 Å². The van der Waals surface area contributed by atoms with Crippen LogP contribution >= 0.6 is 0 Å². The van der Waals surface area contributed by atoms with Crippen molar-refractivity contribution in [2.24, 2.45) is 47.0 Å². The maximum absolute atomic E-state index is 15.4. The first kappa shape index (κ1) is 89.3. The van der Waals surface area contributed by atoms with Gasteiger partial charge < -0.3 is 95.2 Å². The molecule has 110 heavy (non-hydrogen) atoms. The number of benzene rings is 2. The van der Waals surface area contributed by atoms with Crippen molar-refractivity contribution < 1.29 is 72.2 Å². The number of hydrogen-bond acceptors (Lipinski definition) is 17. The minimum Gasteiger partial charge on any atom is -0.394 e. The summed E-state index contributed by atoms with van der Waals surface area (Å²) in [4.78, 5) is 210. The number of carbonyl (C=O) groups is 14. The van der Waals surface area contributed by atoms with E-state index in [0.717, 1.165) is 10.9 Å². The van der Waals surface area contributed by atoms with Crippen molar-refractivity contribution in [1.29, 1.82) is 0 Å². The maximum Gasteiger partial charge on any atom is 0.246 e. The Morgan fingerprint density at radius 3 is 1.32 bits per heavy atom. The van der Waals surface area contributed by atoms with Crippen LogP contribution in [0.25, 0.3) is 10.9 Å². The highest BCUT2D eigenvalue weighted by atomic mass is 16.3. The zero-order valence-electron chi connectivity index (χ0n) is 65.9. The molecule has 14 amide bonds. The molecule has 32 heteroatoms. The van der Waals surface area contributed by atoms with Crippen LogP contribution in [0.5, 0.6) is 0 Å². The van der Waals surface area contributed by atoms with Crippen molar-refractivity contribution in [3.8, 4) is 0 Å². The van der Waals surface area contributed by atoms with E-state index in [9.17, 15) is 57.8 Å². The van der Waals surface area contributed by atoms with Crippen molar-refractivity contribution in [3.05, 3.63) is 71.9 Å². The monoisotopic (exact) mass is 1540 g/mol. The van der Waals surface area contributed by atoms with E-state index in [-0.39, 0.29) is 77.0 Å². The zero-order chi connectivity index (χ0) is 81.2. The summed E-state index contributed by atoms with van der Waals surface area (Å²) < 4.78 is 0. The lowest BCUT2D eigenvalue weighted by Crippen LogP contribution is -2.62. The number of para-hydroxylation sites is 1. The van der Waals surface area contributed by atoms with E-state index in [0.29, 0.717) is 49.7 Å². The van der Waals surface area contributed by atoms with Gasteiger partial charge in [0.1, 0.15) is 78.5 Å².